The van der Waals surface area contributed by atoms with Crippen LogP contribution in [0.2, 0.25) is 0 Å². The Labute approximate surface area is 190 Å². The highest BCUT2D eigenvalue weighted by molar-refractivity contribution is 6.12. The number of fused-ring (bicyclic) bond motifs is 4. The predicted molar refractivity (Wildman–Crippen MR) is 124 cm³/mol. The van der Waals surface area contributed by atoms with E-state index in [0.717, 1.165) is 17.7 Å². The number of nitrogens with zero attached hydrogens (tertiary/aromatic N) is 2. The van der Waals surface area contributed by atoms with E-state index >= 15 is 0 Å². The van der Waals surface area contributed by atoms with Gasteiger partial charge in [-0.3, -0.25) is 14.9 Å². The van der Waals surface area contributed by atoms with Crippen LogP contribution in [0, 0.1) is 17.0 Å². The van der Waals surface area contributed by atoms with Crippen molar-refractivity contribution in [3.63, 3.8) is 0 Å². The molecule has 0 fully saturated rings. The van der Waals surface area contributed by atoms with Gasteiger partial charge in [0, 0.05) is 30.4 Å². The molecule has 1 amide bonds. The molecule has 2 N–H and O–H groups in total. The molecule has 0 saturated heterocycles. The van der Waals surface area contributed by atoms with Gasteiger partial charge in [0.05, 0.1) is 28.8 Å². The van der Waals surface area contributed by atoms with Gasteiger partial charge in [0.25, 0.3) is 11.6 Å². The number of anilines is 2. The number of hydrogen-bond donors (Lipinski definition) is 2. The second-order valence-corrected chi connectivity index (χ2v) is 8.42. The van der Waals surface area contributed by atoms with Crippen LogP contribution in [0.25, 0.3) is 0 Å². The summed E-state index contributed by atoms with van der Waals surface area (Å²) in [5, 5.41) is 24.0. The minimum absolute atomic E-state index is 0.0362. The number of aryl methyl sites for hydroxylation is 1. The highest BCUT2D eigenvalue weighted by Gasteiger charge is 2.37. The summed E-state index contributed by atoms with van der Waals surface area (Å²) in [6.07, 6.45) is 0.811. The summed E-state index contributed by atoms with van der Waals surface area (Å²) in [6.45, 7) is 2.31. The van der Waals surface area contributed by atoms with Gasteiger partial charge in [-0.15, -0.1) is 0 Å². The van der Waals surface area contributed by atoms with E-state index in [1.807, 2.05) is 42.2 Å². The summed E-state index contributed by atoms with van der Waals surface area (Å²) in [6, 6.07) is 16.2. The maximum atomic E-state index is 13.5. The van der Waals surface area contributed by atoms with E-state index in [4.69, 9.17) is 4.74 Å². The Morgan fingerprint density at radius 3 is 2.76 bits per heavy atom. The number of nitrogens with one attached hydrogen (secondary N) is 1. The molecule has 0 spiro atoms. The van der Waals surface area contributed by atoms with Crippen LogP contribution in [-0.4, -0.2) is 28.5 Å². The fourth-order valence-corrected chi connectivity index (χ4v) is 4.61. The Kier molecular flexibility index (Phi) is 5.22. The lowest BCUT2D eigenvalue weighted by Crippen LogP contribution is -2.39. The van der Waals surface area contributed by atoms with Crippen LogP contribution in [0.5, 0.6) is 5.75 Å². The van der Waals surface area contributed by atoms with Gasteiger partial charge < -0.3 is 20.1 Å². The Morgan fingerprint density at radius 2 is 1.97 bits per heavy atom. The van der Waals surface area contributed by atoms with E-state index in [0.29, 0.717) is 34.7 Å². The monoisotopic (exact) mass is 445 g/mol. The van der Waals surface area contributed by atoms with Crippen LogP contribution in [0.15, 0.2) is 54.6 Å². The first-order chi connectivity index (χ1) is 15.9. The van der Waals surface area contributed by atoms with Crippen molar-refractivity contribution in [1.82, 2.24) is 0 Å². The topological polar surface area (TPSA) is 105 Å². The van der Waals surface area contributed by atoms with Crippen LogP contribution in [-0.2, 0) is 19.6 Å². The fraction of sp³-hybridized carbons (Fsp3) is 0.240. The van der Waals surface area contributed by atoms with Crippen LogP contribution in [0.4, 0.5) is 17.1 Å². The molecule has 2 aliphatic rings. The number of aliphatic hydroxyl groups excluding tert-OH is 1. The van der Waals surface area contributed by atoms with Crippen molar-refractivity contribution in [2.24, 2.45) is 0 Å². The zero-order valence-corrected chi connectivity index (χ0v) is 18.1. The SMILES string of the molecule is Cc1cc2c(cc1OCc1cc(CO)cc([N+](=O)[O-])c1)NC[C@@H]1Cc3ccccc3N1C2=O. The number of benzene rings is 3. The molecule has 168 valence electrons. The molecule has 3 aromatic carbocycles. The first-order valence-corrected chi connectivity index (χ1v) is 10.8. The van der Waals surface area contributed by atoms with Crippen molar-refractivity contribution in [2.75, 3.05) is 16.8 Å². The number of nitro benzene ring substituents is 1. The number of nitro groups is 1. The van der Waals surface area contributed by atoms with E-state index in [1.165, 1.54) is 17.7 Å². The molecule has 0 radical (unpaired) electrons. The smallest absolute Gasteiger partial charge is 0.270 e. The van der Waals surface area contributed by atoms with Crippen molar-refractivity contribution in [2.45, 2.75) is 32.6 Å². The van der Waals surface area contributed by atoms with Gasteiger partial charge >= 0.3 is 0 Å². The molecule has 8 nitrogen and oxygen atoms in total. The largest absolute Gasteiger partial charge is 0.489 e. The van der Waals surface area contributed by atoms with E-state index in [9.17, 15) is 20.0 Å². The number of ether oxygens (including phenoxy) is 1. The van der Waals surface area contributed by atoms with Crippen molar-refractivity contribution < 1.29 is 19.6 Å². The van der Waals surface area contributed by atoms with Crippen molar-refractivity contribution in [1.29, 1.82) is 0 Å². The number of rotatable bonds is 5. The molecule has 5 rings (SSSR count). The molecule has 3 aromatic rings. The number of para-hydroxylation sites is 1. The van der Waals surface area contributed by atoms with Gasteiger partial charge in [-0.1, -0.05) is 18.2 Å². The third-order valence-electron chi connectivity index (χ3n) is 6.19. The Morgan fingerprint density at radius 1 is 1.18 bits per heavy atom. The Bertz CT molecular complexity index is 1270. The summed E-state index contributed by atoms with van der Waals surface area (Å²) < 4.78 is 5.98. The quantitative estimate of drug-likeness (QED) is 0.455. The third kappa shape index (κ3) is 3.78. The van der Waals surface area contributed by atoms with Gasteiger partial charge in [-0.05, 0) is 53.8 Å². The molecule has 2 heterocycles. The second-order valence-electron chi connectivity index (χ2n) is 8.42. The third-order valence-corrected chi connectivity index (χ3v) is 6.19. The summed E-state index contributed by atoms with van der Waals surface area (Å²) in [5.74, 6) is 0.555. The maximum absolute atomic E-state index is 13.5. The molecule has 33 heavy (non-hydrogen) atoms. The van der Waals surface area contributed by atoms with Gasteiger partial charge in [0.15, 0.2) is 0 Å². The first-order valence-electron chi connectivity index (χ1n) is 10.8. The summed E-state index contributed by atoms with van der Waals surface area (Å²) >= 11 is 0. The molecule has 1 atom stereocenters. The minimum atomic E-state index is -0.490. The minimum Gasteiger partial charge on any atom is -0.489 e. The van der Waals surface area contributed by atoms with Crippen LogP contribution in [0.1, 0.15) is 32.6 Å². The standard InChI is InChI=1S/C25H23N3O5/c1-15-6-21-22(26-12-20-10-18-4-2-3-5-23(18)27(20)25(21)30)11-24(15)33-14-17-7-16(13-29)8-19(9-17)28(31)32/h2-9,11,20,26,29H,10,12-14H2,1H3/t20-/m0/s1. The number of amides is 1. The van der Waals surface area contributed by atoms with Crippen molar-refractivity contribution in [3.8, 4) is 5.75 Å². The van der Waals surface area contributed by atoms with Gasteiger partial charge in [-0.2, -0.15) is 0 Å². The maximum Gasteiger partial charge on any atom is 0.270 e. The summed E-state index contributed by atoms with van der Waals surface area (Å²) in [7, 11) is 0. The average molecular weight is 445 g/mol. The van der Waals surface area contributed by atoms with Gasteiger partial charge in [-0.25, -0.2) is 0 Å². The summed E-state index contributed by atoms with van der Waals surface area (Å²) in [5.41, 5.74) is 5.19. The predicted octanol–water partition coefficient (Wildman–Crippen LogP) is 3.97. The van der Waals surface area contributed by atoms with E-state index < -0.39 is 4.92 Å². The fourth-order valence-electron chi connectivity index (χ4n) is 4.61. The lowest BCUT2D eigenvalue weighted by molar-refractivity contribution is -0.385. The lowest BCUT2D eigenvalue weighted by atomic mass is 10.1. The zero-order valence-electron chi connectivity index (χ0n) is 18.1. The highest BCUT2D eigenvalue weighted by atomic mass is 16.6. The molecule has 0 aliphatic carbocycles. The van der Waals surface area contributed by atoms with Crippen LogP contribution in [0.3, 0.4) is 0 Å². The highest BCUT2D eigenvalue weighted by Crippen LogP contribution is 2.38. The molecule has 0 unspecified atom stereocenters. The number of aliphatic hydroxyl groups is 1. The van der Waals surface area contributed by atoms with Gasteiger partial charge in [0.1, 0.15) is 12.4 Å². The lowest BCUT2D eigenvalue weighted by Gasteiger charge is -2.22. The molecule has 0 aromatic heterocycles. The van der Waals surface area contributed by atoms with Crippen molar-refractivity contribution >= 4 is 23.0 Å². The molecular formula is C25H23N3O5. The number of carbonyl (C=O) groups excluding carboxylic acids is 1. The van der Waals surface area contributed by atoms with E-state index in [1.54, 1.807) is 6.07 Å². The van der Waals surface area contributed by atoms with Crippen LogP contribution >= 0.6 is 0 Å². The molecule has 0 saturated carbocycles. The average Bonchev–Trinajstić information content (AvgIpc) is 3.14. The number of hydrogen-bond acceptors (Lipinski definition) is 6. The second kappa shape index (κ2) is 8.22. The van der Waals surface area contributed by atoms with E-state index in [2.05, 4.69) is 11.4 Å². The normalized spacial score (nSPS) is 16.4. The summed E-state index contributed by atoms with van der Waals surface area (Å²) in [4.78, 5) is 26.0. The Hall–Kier alpha value is -3.91. The molecule has 8 heteroatoms. The first kappa shape index (κ1) is 21.0. The number of carbonyl (C=O) groups is 1. The van der Waals surface area contributed by atoms with Crippen LogP contribution < -0.4 is 15.0 Å². The van der Waals surface area contributed by atoms with Gasteiger partial charge in [0.2, 0.25) is 0 Å². The zero-order chi connectivity index (χ0) is 23.1. The molecule has 0 bridgehead atoms. The number of non-ortho nitro benzene ring substituents is 1. The molecular weight excluding hydrogens is 422 g/mol. The molecule has 2 aliphatic heterocycles. The Balaban J connectivity index is 1.42. The van der Waals surface area contributed by atoms with E-state index in [-0.39, 0.29) is 30.9 Å². The van der Waals surface area contributed by atoms with Crippen molar-refractivity contribution in [3.05, 3.63) is 92.5 Å².